The number of benzene rings is 2. The van der Waals surface area contributed by atoms with E-state index in [1.165, 1.54) is 24.4 Å². The zero-order chi connectivity index (χ0) is 25.1. The van der Waals surface area contributed by atoms with Gasteiger partial charge in [-0.3, -0.25) is 9.48 Å². The zero-order valence-electron chi connectivity index (χ0n) is 19.4. The van der Waals surface area contributed by atoms with E-state index < -0.39 is 23.0 Å². The molecule has 0 aliphatic carbocycles. The molecule has 1 atom stereocenters. The Morgan fingerprint density at radius 2 is 1.63 bits per heavy atom. The van der Waals surface area contributed by atoms with Crippen molar-refractivity contribution in [3.8, 4) is 33.8 Å². The third-order valence-corrected chi connectivity index (χ3v) is 6.46. The van der Waals surface area contributed by atoms with Gasteiger partial charge in [-0.15, -0.1) is 0 Å². The number of fused-ring (bicyclic) bond motifs is 3. The van der Waals surface area contributed by atoms with Crippen molar-refractivity contribution < 1.29 is 18.7 Å². The second-order valence-electron chi connectivity index (χ2n) is 9.74. The van der Waals surface area contributed by atoms with Gasteiger partial charge in [0, 0.05) is 29.0 Å². The monoisotopic (exact) mass is 475 g/mol. The number of carboxylic acid groups (broad SMARTS) is 1. The lowest BCUT2D eigenvalue weighted by Crippen LogP contribution is -2.35. The van der Waals surface area contributed by atoms with E-state index in [0.717, 1.165) is 0 Å². The molecule has 0 saturated heterocycles. The molecule has 1 aliphatic heterocycles. The number of carbonyl (C=O) groups is 1. The fraction of sp³-hybridized carbons (Fsp3) is 0.222. The van der Waals surface area contributed by atoms with Gasteiger partial charge < -0.3 is 9.67 Å². The van der Waals surface area contributed by atoms with Gasteiger partial charge in [-0.25, -0.2) is 13.6 Å². The Balaban J connectivity index is 1.92. The number of hydrogen-bond donors (Lipinski definition) is 1. The van der Waals surface area contributed by atoms with Crippen LogP contribution in [0.2, 0.25) is 0 Å². The van der Waals surface area contributed by atoms with Crippen LogP contribution in [0.25, 0.3) is 33.8 Å². The largest absolute Gasteiger partial charge is 0.477 e. The molecule has 0 amide bonds. The summed E-state index contributed by atoms with van der Waals surface area (Å²) >= 11 is 0. The Hall–Kier alpha value is -4.07. The van der Waals surface area contributed by atoms with Gasteiger partial charge in [0.05, 0.1) is 24.0 Å². The fourth-order valence-electron chi connectivity index (χ4n) is 4.72. The number of halogens is 2. The lowest BCUT2D eigenvalue weighted by Gasteiger charge is -2.38. The molecule has 4 aromatic rings. The maximum absolute atomic E-state index is 15.1. The third kappa shape index (κ3) is 3.65. The molecule has 178 valence electrons. The number of hydrogen-bond acceptors (Lipinski definition) is 3. The van der Waals surface area contributed by atoms with Crippen molar-refractivity contribution in [3.63, 3.8) is 0 Å². The van der Waals surface area contributed by atoms with Crippen LogP contribution in [0.3, 0.4) is 0 Å². The summed E-state index contributed by atoms with van der Waals surface area (Å²) in [6, 6.07) is 13.2. The third-order valence-electron chi connectivity index (χ3n) is 6.46. The molecule has 6 nitrogen and oxygen atoms in total. The summed E-state index contributed by atoms with van der Waals surface area (Å²) in [5, 5.41) is 14.3. The Bertz CT molecular complexity index is 1550. The summed E-state index contributed by atoms with van der Waals surface area (Å²) in [6.07, 6.45) is 1.35. The van der Waals surface area contributed by atoms with E-state index in [0.29, 0.717) is 23.5 Å². The van der Waals surface area contributed by atoms with Crippen molar-refractivity contribution in [2.24, 2.45) is 5.41 Å². The molecule has 0 radical (unpaired) electrons. The Labute approximate surface area is 200 Å². The van der Waals surface area contributed by atoms with E-state index in [-0.39, 0.29) is 33.8 Å². The van der Waals surface area contributed by atoms with Crippen LogP contribution in [-0.4, -0.2) is 25.4 Å². The highest BCUT2D eigenvalue weighted by atomic mass is 19.1. The predicted molar refractivity (Wildman–Crippen MR) is 128 cm³/mol. The maximum Gasteiger partial charge on any atom is 0.341 e. The molecule has 0 unspecified atom stereocenters. The van der Waals surface area contributed by atoms with E-state index >= 15 is 4.39 Å². The van der Waals surface area contributed by atoms with Crippen molar-refractivity contribution in [3.05, 3.63) is 88.2 Å². The molecule has 0 fully saturated rings. The molecule has 35 heavy (non-hydrogen) atoms. The first-order chi connectivity index (χ1) is 16.6. The van der Waals surface area contributed by atoms with Gasteiger partial charge >= 0.3 is 5.97 Å². The van der Waals surface area contributed by atoms with Crippen molar-refractivity contribution in [2.45, 2.75) is 33.4 Å². The van der Waals surface area contributed by atoms with E-state index in [1.54, 1.807) is 45.6 Å². The molecule has 1 aliphatic rings. The number of aromatic carboxylic acids is 1. The van der Waals surface area contributed by atoms with Gasteiger partial charge in [0.1, 0.15) is 22.9 Å². The number of carboxylic acids is 1. The summed E-state index contributed by atoms with van der Waals surface area (Å²) in [6.45, 7) is 6.34. The van der Waals surface area contributed by atoms with E-state index in [4.69, 9.17) is 5.10 Å². The summed E-state index contributed by atoms with van der Waals surface area (Å²) < 4.78 is 33.5. The zero-order valence-corrected chi connectivity index (χ0v) is 19.4. The highest BCUT2D eigenvalue weighted by molar-refractivity contribution is 5.93. The highest BCUT2D eigenvalue weighted by Gasteiger charge is 2.37. The Kier molecular flexibility index (Phi) is 5.20. The highest BCUT2D eigenvalue weighted by Crippen LogP contribution is 2.46. The first-order valence-electron chi connectivity index (χ1n) is 11.2. The predicted octanol–water partition coefficient (Wildman–Crippen LogP) is 5.62. The summed E-state index contributed by atoms with van der Waals surface area (Å²) in [4.78, 5) is 24.5. The van der Waals surface area contributed by atoms with Crippen LogP contribution < -0.4 is 5.43 Å². The molecule has 2 aromatic carbocycles. The number of aromatic nitrogens is 3. The van der Waals surface area contributed by atoms with Crippen LogP contribution in [0.4, 0.5) is 8.78 Å². The van der Waals surface area contributed by atoms with Gasteiger partial charge in [0.25, 0.3) is 0 Å². The van der Waals surface area contributed by atoms with Gasteiger partial charge in [-0.2, -0.15) is 5.10 Å². The van der Waals surface area contributed by atoms with Crippen LogP contribution in [0.1, 0.15) is 37.2 Å². The van der Waals surface area contributed by atoms with Crippen molar-refractivity contribution in [1.82, 2.24) is 14.3 Å². The van der Waals surface area contributed by atoms with Crippen molar-refractivity contribution >= 4 is 5.97 Å². The Morgan fingerprint density at radius 3 is 2.20 bits per heavy atom. The quantitative estimate of drug-likeness (QED) is 0.417. The standard InChI is InChI=1S/C27H23F2N3O3/c1-27(2,3)22-14-32-25(20-12-21(33)17(26(34)35)13-31(20)22)23(15-8-4-6-10-18(15)28)24(30-32)16-9-5-7-11-19(16)29/h4-13,22H,14H2,1-3H3,(H,34,35)/t22-/m0/s1. The van der Waals surface area contributed by atoms with Gasteiger partial charge in [-0.05, 0) is 23.6 Å². The second kappa shape index (κ2) is 8.01. The number of rotatable bonds is 3. The number of pyridine rings is 1. The normalized spacial score (nSPS) is 14.9. The molecule has 3 heterocycles. The van der Waals surface area contributed by atoms with Gasteiger partial charge in [0.2, 0.25) is 0 Å². The minimum atomic E-state index is -1.32. The van der Waals surface area contributed by atoms with Crippen LogP contribution >= 0.6 is 0 Å². The average Bonchev–Trinajstić information content (AvgIpc) is 3.17. The van der Waals surface area contributed by atoms with Crippen LogP contribution in [0.15, 0.2) is 65.6 Å². The smallest absolute Gasteiger partial charge is 0.341 e. The summed E-state index contributed by atoms with van der Waals surface area (Å²) in [7, 11) is 0. The Morgan fingerprint density at radius 1 is 1.03 bits per heavy atom. The molecule has 0 bridgehead atoms. The maximum atomic E-state index is 15.1. The van der Waals surface area contributed by atoms with Crippen LogP contribution in [-0.2, 0) is 6.54 Å². The molecule has 0 saturated carbocycles. The van der Waals surface area contributed by atoms with E-state index in [2.05, 4.69) is 0 Å². The molecule has 8 heteroatoms. The summed E-state index contributed by atoms with van der Waals surface area (Å²) in [5.41, 5.74) is 0.479. The first-order valence-corrected chi connectivity index (χ1v) is 11.2. The average molecular weight is 475 g/mol. The molecular formula is C27H23F2N3O3. The molecule has 5 rings (SSSR count). The van der Waals surface area contributed by atoms with E-state index in [9.17, 15) is 19.1 Å². The lowest BCUT2D eigenvalue weighted by molar-refractivity contribution is 0.0693. The fourth-order valence-corrected chi connectivity index (χ4v) is 4.72. The minimum absolute atomic E-state index is 0.205. The molecule has 2 aromatic heterocycles. The van der Waals surface area contributed by atoms with Crippen molar-refractivity contribution in [2.75, 3.05) is 0 Å². The summed E-state index contributed by atoms with van der Waals surface area (Å²) in [5.74, 6) is -2.35. The van der Waals surface area contributed by atoms with Gasteiger partial charge in [-0.1, -0.05) is 51.1 Å². The SMILES string of the molecule is CC(C)(C)[C@@H]1Cn2nc(-c3ccccc3F)c(-c3ccccc3F)c2-c2cc(=O)c(C(=O)O)cn21. The van der Waals surface area contributed by atoms with Crippen LogP contribution in [0.5, 0.6) is 0 Å². The topological polar surface area (TPSA) is 77.1 Å². The van der Waals surface area contributed by atoms with Crippen LogP contribution in [0, 0.1) is 17.0 Å². The molecule has 1 N–H and O–H groups in total. The number of nitrogens with zero attached hydrogens (tertiary/aromatic N) is 3. The van der Waals surface area contributed by atoms with Gasteiger partial charge in [0.15, 0.2) is 5.43 Å². The minimum Gasteiger partial charge on any atom is -0.477 e. The first kappa shape index (κ1) is 22.7. The molecule has 0 spiro atoms. The van der Waals surface area contributed by atoms with E-state index in [1.807, 2.05) is 20.8 Å². The molecular weight excluding hydrogens is 452 g/mol. The van der Waals surface area contributed by atoms with Crippen molar-refractivity contribution in [1.29, 1.82) is 0 Å². The second-order valence-corrected chi connectivity index (χ2v) is 9.74. The lowest BCUT2D eigenvalue weighted by atomic mass is 9.84.